The van der Waals surface area contributed by atoms with E-state index < -0.39 is 12.1 Å². The maximum atomic E-state index is 12.2. The second kappa shape index (κ2) is 32.6. The third-order valence-electron chi connectivity index (χ3n) is 7.23. The lowest BCUT2D eigenvalue weighted by molar-refractivity contribution is -0.123. The summed E-state index contributed by atoms with van der Waals surface area (Å²) in [4.78, 5) is 12.2. The Hall–Kier alpha value is -1.91. The number of hydrogen-bond acceptors (Lipinski definition) is 3. The summed E-state index contributed by atoms with van der Waals surface area (Å²) in [5, 5.41) is 22.8. The van der Waals surface area contributed by atoms with Gasteiger partial charge in [-0.05, 0) is 64.2 Å². The van der Waals surface area contributed by atoms with Gasteiger partial charge in [0.05, 0.1) is 18.8 Å². The van der Waals surface area contributed by atoms with Crippen LogP contribution in [0.1, 0.15) is 149 Å². The fraction of sp³-hybridized carbons (Fsp3) is 0.703. The predicted octanol–water partition coefficient (Wildman–Crippen LogP) is 9.84. The maximum absolute atomic E-state index is 12.2. The lowest BCUT2D eigenvalue weighted by Gasteiger charge is -2.19. The highest BCUT2D eigenvalue weighted by molar-refractivity contribution is 5.76. The van der Waals surface area contributed by atoms with Crippen molar-refractivity contribution in [3.8, 4) is 0 Å². The van der Waals surface area contributed by atoms with Crippen LogP contribution in [-0.4, -0.2) is 34.9 Å². The van der Waals surface area contributed by atoms with Gasteiger partial charge in [-0.2, -0.15) is 0 Å². The molecule has 0 aromatic heterocycles. The zero-order valence-corrected chi connectivity index (χ0v) is 26.8. The van der Waals surface area contributed by atoms with E-state index in [0.29, 0.717) is 6.42 Å². The van der Waals surface area contributed by atoms with Gasteiger partial charge in [-0.25, -0.2) is 0 Å². The molecule has 236 valence electrons. The number of aliphatic hydroxyl groups excluding tert-OH is 2. The van der Waals surface area contributed by atoms with Crippen LogP contribution < -0.4 is 5.32 Å². The molecule has 2 unspecified atom stereocenters. The van der Waals surface area contributed by atoms with Crippen molar-refractivity contribution in [2.45, 2.75) is 161 Å². The van der Waals surface area contributed by atoms with Gasteiger partial charge >= 0.3 is 0 Å². The van der Waals surface area contributed by atoms with Crippen molar-refractivity contribution in [3.63, 3.8) is 0 Å². The Balaban J connectivity index is 3.78. The van der Waals surface area contributed by atoms with E-state index in [1.807, 2.05) is 6.08 Å². The van der Waals surface area contributed by atoms with Crippen molar-refractivity contribution >= 4 is 5.91 Å². The number of aliphatic hydroxyl groups is 2. The average molecular weight is 572 g/mol. The lowest BCUT2D eigenvalue weighted by atomic mass is 10.1. The fourth-order valence-electron chi connectivity index (χ4n) is 4.62. The molecule has 0 radical (unpaired) electrons. The number of carbonyl (C=O) groups excluding carboxylic acids is 1. The Morgan fingerprint density at radius 1 is 0.610 bits per heavy atom. The molecule has 0 saturated carbocycles. The van der Waals surface area contributed by atoms with E-state index in [0.717, 1.165) is 64.2 Å². The SMILES string of the molecule is CC/C=C\C/C=C\C/C=C\CCCCCC(=O)NC(CO)C(O)/C=C/CC/C=C/CCCCCCCCCCCC. The summed E-state index contributed by atoms with van der Waals surface area (Å²) < 4.78 is 0. The van der Waals surface area contributed by atoms with Crippen LogP contribution >= 0.6 is 0 Å². The molecule has 0 aliphatic carbocycles. The van der Waals surface area contributed by atoms with Gasteiger partial charge in [-0.3, -0.25) is 4.79 Å². The van der Waals surface area contributed by atoms with E-state index in [4.69, 9.17) is 0 Å². The van der Waals surface area contributed by atoms with Crippen molar-refractivity contribution in [2.75, 3.05) is 6.61 Å². The zero-order chi connectivity index (χ0) is 30.1. The summed E-state index contributed by atoms with van der Waals surface area (Å²) in [5.74, 6) is -0.107. The molecule has 41 heavy (non-hydrogen) atoms. The summed E-state index contributed by atoms with van der Waals surface area (Å²) >= 11 is 0. The van der Waals surface area contributed by atoms with Gasteiger partial charge in [-0.15, -0.1) is 0 Å². The van der Waals surface area contributed by atoms with E-state index in [1.54, 1.807) is 6.08 Å². The lowest BCUT2D eigenvalue weighted by Crippen LogP contribution is -2.45. The van der Waals surface area contributed by atoms with Crippen LogP contribution in [-0.2, 0) is 4.79 Å². The van der Waals surface area contributed by atoms with Gasteiger partial charge in [0, 0.05) is 6.42 Å². The highest BCUT2D eigenvalue weighted by Gasteiger charge is 2.17. The van der Waals surface area contributed by atoms with Crippen molar-refractivity contribution in [2.24, 2.45) is 0 Å². The van der Waals surface area contributed by atoms with Gasteiger partial charge in [0.2, 0.25) is 5.91 Å². The van der Waals surface area contributed by atoms with Crippen LogP contribution in [0.15, 0.2) is 60.8 Å². The second-order valence-electron chi connectivity index (χ2n) is 11.2. The smallest absolute Gasteiger partial charge is 0.220 e. The van der Waals surface area contributed by atoms with E-state index in [9.17, 15) is 15.0 Å². The Morgan fingerprint density at radius 2 is 1.10 bits per heavy atom. The first-order valence-corrected chi connectivity index (χ1v) is 17.0. The third kappa shape index (κ3) is 29.4. The average Bonchev–Trinajstić information content (AvgIpc) is 2.97. The number of amides is 1. The van der Waals surface area contributed by atoms with Crippen LogP contribution in [0.4, 0.5) is 0 Å². The molecule has 1 amide bonds. The van der Waals surface area contributed by atoms with E-state index in [-0.39, 0.29) is 12.5 Å². The summed E-state index contributed by atoms with van der Waals surface area (Å²) in [7, 11) is 0. The molecule has 0 heterocycles. The van der Waals surface area contributed by atoms with Crippen molar-refractivity contribution in [1.29, 1.82) is 0 Å². The molecule has 0 aromatic rings. The van der Waals surface area contributed by atoms with Crippen LogP contribution in [0.5, 0.6) is 0 Å². The molecule has 0 aromatic carbocycles. The van der Waals surface area contributed by atoms with Gasteiger partial charge in [0.25, 0.3) is 0 Å². The summed E-state index contributed by atoms with van der Waals surface area (Å²) in [6, 6.07) is -0.654. The number of hydrogen-bond donors (Lipinski definition) is 3. The molecule has 4 heteroatoms. The predicted molar refractivity (Wildman–Crippen MR) is 179 cm³/mol. The van der Waals surface area contributed by atoms with Crippen LogP contribution in [0, 0.1) is 0 Å². The highest BCUT2D eigenvalue weighted by atomic mass is 16.3. The molecule has 0 spiro atoms. The first-order chi connectivity index (χ1) is 20.2. The largest absolute Gasteiger partial charge is 0.394 e. The maximum Gasteiger partial charge on any atom is 0.220 e. The van der Waals surface area contributed by atoms with Gasteiger partial charge in [0.15, 0.2) is 0 Å². The fourth-order valence-corrected chi connectivity index (χ4v) is 4.62. The van der Waals surface area contributed by atoms with Crippen molar-refractivity contribution < 1.29 is 15.0 Å². The van der Waals surface area contributed by atoms with Gasteiger partial charge in [-0.1, -0.05) is 139 Å². The summed E-state index contributed by atoms with van der Waals surface area (Å²) in [6.07, 6.45) is 44.4. The normalized spacial score (nSPS) is 14.0. The molecule has 0 bridgehead atoms. The molecular weight excluding hydrogens is 506 g/mol. The monoisotopic (exact) mass is 571 g/mol. The van der Waals surface area contributed by atoms with E-state index >= 15 is 0 Å². The Morgan fingerprint density at radius 3 is 1.71 bits per heavy atom. The standard InChI is InChI=1S/C37H65NO3/c1-3-5-7-9-11-13-15-17-18-19-21-22-24-26-28-30-32-36(40)35(34-39)38-37(41)33-31-29-27-25-23-20-16-14-12-10-8-6-4-2/h6,8,12,14,20,22-24,30,32,35-36,39-40H,3-5,7,9-11,13,15-19,21,25-29,31,33-34H2,1-2H3,(H,38,41)/b8-6-,14-12-,23-20-,24-22+,32-30+. The molecule has 3 N–H and O–H groups in total. The first kappa shape index (κ1) is 39.1. The molecule has 0 rings (SSSR count). The molecule has 2 atom stereocenters. The van der Waals surface area contributed by atoms with Crippen LogP contribution in [0.2, 0.25) is 0 Å². The summed E-state index contributed by atoms with van der Waals surface area (Å²) in [6.45, 7) is 4.14. The number of rotatable bonds is 29. The number of allylic oxidation sites excluding steroid dienone is 9. The highest BCUT2D eigenvalue weighted by Crippen LogP contribution is 2.12. The van der Waals surface area contributed by atoms with Crippen LogP contribution in [0.3, 0.4) is 0 Å². The molecule has 4 nitrogen and oxygen atoms in total. The summed E-state index contributed by atoms with van der Waals surface area (Å²) in [5.41, 5.74) is 0. The molecule has 0 aliphatic rings. The Bertz CT molecular complexity index is 707. The third-order valence-corrected chi connectivity index (χ3v) is 7.23. The zero-order valence-electron chi connectivity index (χ0n) is 26.8. The van der Waals surface area contributed by atoms with E-state index in [2.05, 4.69) is 67.8 Å². The number of carbonyl (C=O) groups is 1. The van der Waals surface area contributed by atoms with E-state index in [1.165, 1.54) is 64.2 Å². The molecular formula is C37H65NO3. The first-order valence-electron chi connectivity index (χ1n) is 17.0. The number of nitrogens with one attached hydrogen (secondary N) is 1. The van der Waals surface area contributed by atoms with Crippen molar-refractivity contribution in [3.05, 3.63) is 60.8 Å². The Kier molecular flexibility index (Phi) is 31.1. The minimum atomic E-state index is -0.874. The van der Waals surface area contributed by atoms with Crippen molar-refractivity contribution in [1.82, 2.24) is 5.32 Å². The molecule has 0 fully saturated rings. The molecule has 0 saturated heterocycles. The second-order valence-corrected chi connectivity index (χ2v) is 11.2. The molecule has 0 aliphatic heterocycles. The number of unbranched alkanes of at least 4 members (excludes halogenated alkanes) is 14. The van der Waals surface area contributed by atoms with Gasteiger partial charge < -0.3 is 15.5 Å². The Labute approximate surface area is 254 Å². The minimum Gasteiger partial charge on any atom is -0.394 e. The van der Waals surface area contributed by atoms with Crippen LogP contribution in [0.25, 0.3) is 0 Å². The van der Waals surface area contributed by atoms with Gasteiger partial charge in [0.1, 0.15) is 0 Å². The topological polar surface area (TPSA) is 69.6 Å². The quantitative estimate of drug-likeness (QED) is 0.0618. The minimum absolute atomic E-state index is 0.107.